The predicted molar refractivity (Wildman–Crippen MR) is 96.4 cm³/mol. The zero-order valence-electron chi connectivity index (χ0n) is 13.9. The van der Waals surface area contributed by atoms with Gasteiger partial charge in [0.05, 0.1) is 5.56 Å². The Kier molecular flexibility index (Phi) is 5.94. The van der Waals surface area contributed by atoms with Crippen molar-refractivity contribution in [3.8, 4) is 0 Å². The quantitative estimate of drug-likeness (QED) is 0.595. The fourth-order valence-corrected chi connectivity index (χ4v) is 3.08. The average molecular weight is 348 g/mol. The van der Waals surface area contributed by atoms with Crippen molar-refractivity contribution in [2.45, 2.75) is 27.2 Å². The van der Waals surface area contributed by atoms with Crippen LogP contribution >= 0.6 is 11.8 Å². The second-order valence-corrected chi connectivity index (χ2v) is 6.72. The topological polar surface area (TPSA) is 0 Å². The standard InChI is InChI=1S/C20H19F3S/c1-12-8-14(3)16(9-13(12)2)6-5-7-24-15(4)20-18(22)10-17(21)11-19(20)23/h5,7-11H,4,6H2,1-3H3/b7-5+. The summed E-state index contributed by atoms with van der Waals surface area (Å²) >= 11 is 1.12. The fourth-order valence-electron chi connectivity index (χ4n) is 2.41. The molecule has 0 N–H and O–H groups in total. The smallest absolute Gasteiger partial charge is 0.137 e. The van der Waals surface area contributed by atoms with Gasteiger partial charge in [0.1, 0.15) is 17.5 Å². The lowest BCUT2D eigenvalue weighted by Gasteiger charge is -2.08. The van der Waals surface area contributed by atoms with E-state index in [1.165, 1.54) is 22.3 Å². The van der Waals surface area contributed by atoms with Gasteiger partial charge in [-0.2, -0.15) is 0 Å². The maximum atomic E-state index is 13.7. The average Bonchev–Trinajstić information content (AvgIpc) is 2.47. The molecule has 0 heterocycles. The van der Waals surface area contributed by atoms with Gasteiger partial charge in [-0.3, -0.25) is 0 Å². The van der Waals surface area contributed by atoms with Gasteiger partial charge in [-0.05, 0) is 54.9 Å². The molecular weight excluding hydrogens is 329 g/mol. The van der Waals surface area contributed by atoms with E-state index in [2.05, 4.69) is 39.5 Å². The minimum absolute atomic E-state index is 0.207. The molecule has 0 unspecified atom stereocenters. The first kappa shape index (κ1) is 18.4. The van der Waals surface area contributed by atoms with Crippen LogP contribution in [0.4, 0.5) is 13.2 Å². The molecule has 0 nitrogen and oxygen atoms in total. The van der Waals surface area contributed by atoms with Gasteiger partial charge in [0.25, 0.3) is 0 Å². The summed E-state index contributed by atoms with van der Waals surface area (Å²) in [6.45, 7) is 9.88. The molecule has 0 aromatic heterocycles. The van der Waals surface area contributed by atoms with Gasteiger partial charge < -0.3 is 0 Å². The molecule has 0 fully saturated rings. The molecule has 0 spiro atoms. The second kappa shape index (κ2) is 7.75. The number of halogens is 3. The van der Waals surface area contributed by atoms with Crippen LogP contribution in [0.3, 0.4) is 0 Å². The lowest BCUT2D eigenvalue weighted by Crippen LogP contribution is -1.94. The Morgan fingerprint density at radius 2 is 1.54 bits per heavy atom. The molecule has 0 aliphatic carbocycles. The maximum Gasteiger partial charge on any atom is 0.137 e. The van der Waals surface area contributed by atoms with Gasteiger partial charge in [0.15, 0.2) is 0 Å². The van der Waals surface area contributed by atoms with E-state index in [1.807, 2.05) is 6.08 Å². The Labute approximate surface area is 145 Å². The van der Waals surface area contributed by atoms with Crippen LogP contribution in [0.25, 0.3) is 4.91 Å². The normalized spacial score (nSPS) is 11.2. The third-order valence-electron chi connectivity index (χ3n) is 3.88. The van der Waals surface area contributed by atoms with Crippen molar-refractivity contribution in [2.75, 3.05) is 0 Å². The van der Waals surface area contributed by atoms with Crippen LogP contribution in [0.5, 0.6) is 0 Å². The molecule has 0 radical (unpaired) electrons. The molecule has 24 heavy (non-hydrogen) atoms. The van der Waals surface area contributed by atoms with E-state index >= 15 is 0 Å². The number of allylic oxidation sites excluding steroid dienone is 1. The molecule has 2 aromatic rings. The third-order valence-corrected chi connectivity index (χ3v) is 4.70. The van der Waals surface area contributed by atoms with Crippen LogP contribution in [0.2, 0.25) is 0 Å². The SMILES string of the molecule is C=C(S/C=C/Cc1cc(C)c(C)cc1C)c1c(F)cc(F)cc1F. The van der Waals surface area contributed by atoms with Gasteiger partial charge in [-0.15, -0.1) is 0 Å². The number of hydrogen-bond acceptors (Lipinski definition) is 1. The van der Waals surface area contributed by atoms with Gasteiger partial charge in [-0.25, -0.2) is 13.2 Å². The van der Waals surface area contributed by atoms with E-state index in [0.29, 0.717) is 12.1 Å². The van der Waals surface area contributed by atoms with E-state index in [-0.39, 0.29) is 10.5 Å². The van der Waals surface area contributed by atoms with Crippen molar-refractivity contribution in [3.05, 3.63) is 87.6 Å². The summed E-state index contributed by atoms with van der Waals surface area (Å²) in [6, 6.07) is 5.61. The first-order valence-electron chi connectivity index (χ1n) is 7.51. The molecule has 2 aromatic carbocycles. The Bertz CT molecular complexity index is 784. The van der Waals surface area contributed by atoms with Crippen LogP contribution in [0.1, 0.15) is 27.8 Å². The number of rotatable bonds is 5. The molecular formula is C20H19F3S. The van der Waals surface area contributed by atoms with Crippen LogP contribution in [0, 0.1) is 38.2 Å². The Hall–Kier alpha value is -1.94. The van der Waals surface area contributed by atoms with Crippen molar-refractivity contribution in [1.29, 1.82) is 0 Å². The second-order valence-electron chi connectivity index (χ2n) is 5.72. The Morgan fingerprint density at radius 3 is 2.17 bits per heavy atom. The third kappa shape index (κ3) is 4.32. The predicted octanol–water partition coefficient (Wildman–Crippen LogP) is 6.49. The van der Waals surface area contributed by atoms with Crippen molar-refractivity contribution >= 4 is 16.7 Å². The lowest BCUT2D eigenvalue weighted by molar-refractivity contribution is 0.540. The molecule has 0 amide bonds. The zero-order valence-corrected chi connectivity index (χ0v) is 14.7. The Morgan fingerprint density at radius 1 is 0.958 bits per heavy atom. The van der Waals surface area contributed by atoms with E-state index in [4.69, 9.17) is 0 Å². The van der Waals surface area contributed by atoms with Crippen molar-refractivity contribution < 1.29 is 13.2 Å². The lowest BCUT2D eigenvalue weighted by atomic mass is 9.99. The summed E-state index contributed by atoms with van der Waals surface area (Å²) in [5.74, 6) is -2.82. The highest BCUT2D eigenvalue weighted by molar-refractivity contribution is 8.10. The number of aryl methyl sites for hydroxylation is 3. The molecule has 0 saturated heterocycles. The van der Waals surface area contributed by atoms with Gasteiger partial charge >= 0.3 is 0 Å². The highest BCUT2D eigenvalue weighted by Crippen LogP contribution is 2.31. The van der Waals surface area contributed by atoms with Crippen molar-refractivity contribution in [3.63, 3.8) is 0 Å². The highest BCUT2D eigenvalue weighted by atomic mass is 32.2. The Balaban J connectivity index is 2.05. The van der Waals surface area contributed by atoms with E-state index in [1.54, 1.807) is 5.41 Å². The molecule has 126 valence electrons. The van der Waals surface area contributed by atoms with Crippen LogP contribution in [-0.2, 0) is 6.42 Å². The van der Waals surface area contributed by atoms with Crippen molar-refractivity contribution in [2.24, 2.45) is 0 Å². The number of hydrogen-bond donors (Lipinski definition) is 0. The summed E-state index contributed by atoms with van der Waals surface area (Å²) in [4.78, 5) is 0.207. The van der Waals surface area contributed by atoms with Crippen LogP contribution in [-0.4, -0.2) is 0 Å². The summed E-state index contributed by atoms with van der Waals surface area (Å²) in [6.07, 6.45) is 2.65. The zero-order chi connectivity index (χ0) is 17.9. The minimum Gasteiger partial charge on any atom is -0.207 e. The van der Waals surface area contributed by atoms with Crippen LogP contribution < -0.4 is 0 Å². The first-order valence-corrected chi connectivity index (χ1v) is 8.39. The first-order chi connectivity index (χ1) is 11.3. The monoisotopic (exact) mass is 348 g/mol. The van der Waals surface area contributed by atoms with E-state index < -0.39 is 17.5 Å². The fraction of sp³-hybridized carbons (Fsp3) is 0.200. The van der Waals surface area contributed by atoms with Crippen LogP contribution in [0.15, 0.2) is 42.3 Å². The van der Waals surface area contributed by atoms with E-state index in [9.17, 15) is 13.2 Å². The van der Waals surface area contributed by atoms with E-state index in [0.717, 1.165) is 18.2 Å². The molecule has 0 bridgehead atoms. The molecule has 0 aliphatic rings. The molecule has 0 atom stereocenters. The molecule has 0 saturated carbocycles. The number of benzene rings is 2. The maximum absolute atomic E-state index is 13.7. The number of thioether (sulfide) groups is 1. The highest BCUT2D eigenvalue weighted by Gasteiger charge is 2.14. The summed E-state index contributed by atoms with van der Waals surface area (Å²) in [7, 11) is 0. The van der Waals surface area contributed by atoms with Gasteiger partial charge in [-0.1, -0.05) is 36.5 Å². The molecule has 2 rings (SSSR count). The van der Waals surface area contributed by atoms with Gasteiger partial charge in [0, 0.05) is 17.0 Å². The van der Waals surface area contributed by atoms with Gasteiger partial charge in [0.2, 0.25) is 0 Å². The molecule has 0 aliphatic heterocycles. The van der Waals surface area contributed by atoms with Crippen molar-refractivity contribution in [1.82, 2.24) is 0 Å². The summed E-state index contributed by atoms with van der Waals surface area (Å²) in [5, 5.41) is 1.75. The molecule has 4 heteroatoms. The largest absolute Gasteiger partial charge is 0.207 e. The summed E-state index contributed by atoms with van der Waals surface area (Å²) in [5.41, 5.74) is 4.62. The minimum atomic E-state index is -0.941. The summed E-state index contributed by atoms with van der Waals surface area (Å²) < 4.78 is 40.3.